The van der Waals surface area contributed by atoms with Gasteiger partial charge in [0.1, 0.15) is 48.8 Å². The van der Waals surface area contributed by atoms with Gasteiger partial charge in [-0.05, 0) is 89.9 Å². The number of allylic oxidation sites excluding steroid dienone is 17. The van der Waals surface area contributed by atoms with E-state index in [1.165, 1.54) is 103 Å². The molecule has 0 aromatic heterocycles. The van der Waals surface area contributed by atoms with Crippen molar-refractivity contribution in [3.8, 4) is 0 Å². The first kappa shape index (κ1) is 74.7. The van der Waals surface area contributed by atoms with Gasteiger partial charge in [-0.3, -0.25) is 4.79 Å². The Morgan fingerprint density at radius 3 is 1.34 bits per heavy atom. The number of unbranched alkanes of at least 4 members (excludes halogenated alkanes) is 21. The fourth-order valence-corrected chi connectivity index (χ4v) is 9.82. The third-order valence-electron chi connectivity index (χ3n) is 14.9. The van der Waals surface area contributed by atoms with E-state index < -0.39 is 86.8 Å². The number of hydrogen-bond acceptors (Lipinski definition) is 13. The average molecular weight is 1150 g/mol. The molecule has 0 radical (unpaired) electrons. The smallest absolute Gasteiger partial charge is 0.220 e. The summed E-state index contributed by atoms with van der Waals surface area (Å²) in [6, 6.07) is -0.943. The van der Waals surface area contributed by atoms with Gasteiger partial charge in [0, 0.05) is 6.42 Å². The number of aliphatic hydroxyl groups excluding tert-OH is 8. The molecule has 0 aromatic carbocycles. The van der Waals surface area contributed by atoms with Crippen LogP contribution in [0, 0.1) is 0 Å². The average Bonchev–Trinajstić information content (AvgIpc) is 3.52. The zero-order valence-corrected chi connectivity index (χ0v) is 50.7. The van der Waals surface area contributed by atoms with Gasteiger partial charge in [-0.2, -0.15) is 0 Å². The van der Waals surface area contributed by atoms with Crippen molar-refractivity contribution in [2.24, 2.45) is 0 Å². The first-order valence-corrected chi connectivity index (χ1v) is 32.1. The molecule has 0 aliphatic carbocycles. The Morgan fingerprint density at radius 1 is 0.451 bits per heavy atom. The quantitative estimate of drug-likeness (QED) is 0.0204. The molecule has 2 heterocycles. The second kappa shape index (κ2) is 52.0. The minimum atomic E-state index is -1.80. The third kappa shape index (κ3) is 36.5. The van der Waals surface area contributed by atoms with Gasteiger partial charge in [-0.15, -0.1) is 0 Å². The van der Waals surface area contributed by atoms with E-state index in [1.54, 1.807) is 6.08 Å². The van der Waals surface area contributed by atoms with Crippen LogP contribution in [0.15, 0.2) is 109 Å². The number of aliphatic hydroxyl groups is 8. The Kier molecular flexibility index (Phi) is 47.4. The number of hydrogen-bond donors (Lipinski definition) is 9. The molecule has 0 spiro atoms. The van der Waals surface area contributed by atoms with Crippen molar-refractivity contribution in [3.05, 3.63) is 109 Å². The van der Waals surface area contributed by atoms with Gasteiger partial charge in [-0.1, -0.05) is 232 Å². The molecule has 2 aliphatic heterocycles. The Morgan fingerprint density at radius 2 is 0.854 bits per heavy atom. The Bertz CT molecular complexity index is 1790. The third-order valence-corrected chi connectivity index (χ3v) is 14.9. The summed E-state index contributed by atoms with van der Waals surface area (Å²) in [6.07, 6.45) is 57.0. The molecule has 470 valence electrons. The van der Waals surface area contributed by atoms with Gasteiger partial charge in [-0.25, -0.2) is 0 Å². The van der Waals surface area contributed by atoms with Crippen LogP contribution in [-0.2, 0) is 23.7 Å². The predicted molar refractivity (Wildman–Crippen MR) is 332 cm³/mol. The highest BCUT2D eigenvalue weighted by atomic mass is 16.7. The minimum Gasteiger partial charge on any atom is -0.394 e. The molecular formula is C68H115NO13. The van der Waals surface area contributed by atoms with Crippen LogP contribution in [0.1, 0.15) is 219 Å². The normalized spacial score (nSPS) is 24.7. The first-order valence-electron chi connectivity index (χ1n) is 32.1. The van der Waals surface area contributed by atoms with Gasteiger partial charge in [0.2, 0.25) is 5.91 Å². The summed E-state index contributed by atoms with van der Waals surface area (Å²) in [7, 11) is 0. The molecule has 0 bridgehead atoms. The van der Waals surface area contributed by atoms with Crippen molar-refractivity contribution < 1.29 is 64.6 Å². The number of ether oxygens (including phenoxy) is 4. The second-order valence-corrected chi connectivity index (χ2v) is 22.1. The molecule has 2 aliphatic rings. The van der Waals surface area contributed by atoms with Crippen molar-refractivity contribution in [1.82, 2.24) is 5.32 Å². The van der Waals surface area contributed by atoms with Crippen LogP contribution >= 0.6 is 0 Å². The van der Waals surface area contributed by atoms with Crippen LogP contribution in [0.3, 0.4) is 0 Å². The van der Waals surface area contributed by atoms with E-state index >= 15 is 0 Å². The summed E-state index contributed by atoms with van der Waals surface area (Å²) in [5.74, 6) is -0.260. The lowest BCUT2D eigenvalue weighted by atomic mass is 9.97. The molecule has 82 heavy (non-hydrogen) atoms. The van der Waals surface area contributed by atoms with Gasteiger partial charge in [0.05, 0.1) is 32.0 Å². The molecule has 2 saturated heterocycles. The number of rotatable bonds is 50. The van der Waals surface area contributed by atoms with E-state index in [9.17, 15) is 45.6 Å². The summed E-state index contributed by atoms with van der Waals surface area (Å²) in [5.41, 5.74) is 0. The van der Waals surface area contributed by atoms with Crippen LogP contribution < -0.4 is 5.32 Å². The van der Waals surface area contributed by atoms with E-state index in [1.807, 2.05) is 6.08 Å². The molecule has 2 rings (SSSR count). The zero-order valence-electron chi connectivity index (χ0n) is 50.7. The second-order valence-electron chi connectivity index (χ2n) is 22.1. The number of carbonyl (C=O) groups is 1. The maximum Gasteiger partial charge on any atom is 0.220 e. The minimum absolute atomic E-state index is 0.259. The highest BCUT2D eigenvalue weighted by Crippen LogP contribution is 2.30. The molecule has 12 unspecified atom stereocenters. The highest BCUT2D eigenvalue weighted by Gasteiger charge is 2.51. The Labute approximate surface area is 495 Å². The lowest BCUT2D eigenvalue weighted by molar-refractivity contribution is -0.359. The fourth-order valence-electron chi connectivity index (χ4n) is 9.82. The standard InChI is InChI=1S/C68H115NO13/c1-3-5-7-9-11-13-15-17-19-21-22-23-24-25-26-27-28-29-30-31-32-33-34-36-38-40-42-44-46-48-50-52-60(73)69-56(57(72)51-49-47-45-43-41-39-37-35-20-18-16-14-12-10-8-6-4-2)55-79-67-65(78)63(76)66(59(54-71)81-67)82-68-64(77)62(75)61(74)58(53-70)80-68/h5,7,11,13,17,19,22-23,25-26,28-29,31-32,41,43,49,51,56-59,61-68,70-72,74-78H,3-4,6,8-10,12,14-16,18,20-21,24,27,30,33-40,42,44-48,50,52-55H2,1-2H3,(H,69,73)/b7-5-,13-11-,19-17-,23-22-,26-25-,29-28-,32-31-,43-41+,51-49+. The maximum absolute atomic E-state index is 13.3. The van der Waals surface area contributed by atoms with Crippen LogP contribution in [0.5, 0.6) is 0 Å². The monoisotopic (exact) mass is 1150 g/mol. The largest absolute Gasteiger partial charge is 0.394 e. The predicted octanol–water partition coefficient (Wildman–Crippen LogP) is 12.0. The summed E-state index contributed by atoms with van der Waals surface area (Å²) in [6.45, 7) is 2.65. The fraction of sp³-hybridized carbons (Fsp3) is 0.721. The van der Waals surface area contributed by atoms with E-state index in [-0.39, 0.29) is 18.9 Å². The lowest BCUT2D eigenvalue weighted by Gasteiger charge is -2.46. The van der Waals surface area contributed by atoms with Crippen molar-refractivity contribution >= 4 is 5.91 Å². The van der Waals surface area contributed by atoms with Gasteiger partial charge in [0.15, 0.2) is 12.6 Å². The summed E-state index contributed by atoms with van der Waals surface area (Å²) < 4.78 is 22.8. The highest BCUT2D eigenvalue weighted by molar-refractivity contribution is 5.76. The van der Waals surface area contributed by atoms with Gasteiger partial charge < -0.3 is 65.1 Å². The zero-order chi connectivity index (χ0) is 59.5. The molecule has 12 atom stereocenters. The van der Waals surface area contributed by atoms with E-state index in [4.69, 9.17) is 18.9 Å². The molecule has 1 amide bonds. The SMILES string of the molecule is CC/C=C\C/C=C\C/C=C\C/C=C\C/C=C\C/C=C\C/C=C\CCCCCCCCCCCC(=O)NC(COC1OC(CO)C(OC2OC(CO)C(O)C(O)C2O)C(O)C1O)C(O)/C=C/CC/C=C/CCCCCCCCCCCCC. The number of carbonyl (C=O) groups excluding carboxylic acids is 1. The Hall–Kier alpha value is -3.35. The molecule has 14 nitrogen and oxygen atoms in total. The van der Waals surface area contributed by atoms with Crippen LogP contribution in [0.2, 0.25) is 0 Å². The molecular weight excluding hydrogens is 1040 g/mol. The van der Waals surface area contributed by atoms with Crippen molar-refractivity contribution in [3.63, 3.8) is 0 Å². The lowest BCUT2D eigenvalue weighted by Crippen LogP contribution is -2.65. The van der Waals surface area contributed by atoms with Crippen molar-refractivity contribution in [2.45, 2.75) is 293 Å². The topological polar surface area (TPSA) is 228 Å². The van der Waals surface area contributed by atoms with E-state index in [0.29, 0.717) is 12.8 Å². The number of nitrogens with one attached hydrogen (secondary N) is 1. The van der Waals surface area contributed by atoms with Crippen LogP contribution in [0.25, 0.3) is 0 Å². The maximum atomic E-state index is 13.3. The van der Waals surface area contributed by atoms with Crippen LogP contribution in [-0.4, -0.2) is 140 Å². The van der Waals surface area contributed by atoms with Crippen molar-refractivity contribution in [2.75, 3.05) is 19.8 Å². The first-order chi connectivity index (χ1) is 40.1. The molecule has 2 fully saturated rings. The molecule has 0 saturated carbocycles. The Balaban J connectivity index is 1.72. The van der Waals surface area contributed by atoms with Crippen LogP contribution in [0.4, 0.5) is 0 Å². The van der Waals surface area contributed by atoms with Crippen molar-refractivity contribution in [1.29, 1.82) is 0 Å². The van der Waals surface area contributed by atoms with Gasteiger partial charge >= 0.3 is 0 Å². The summed E-state index contributed by atoms with van der Waals surface area (Å²) >= 11 is 0. The van der Waals surface area contributed by atoms with Gasteiger partial charge in [0.25, 0.3) is 0 Å². The molecule has 9 N–H and O–H groups in total. The number of amides is 1. The van der Waals surface area contributed by atoms with E-state index in [2.05, 4.69) is 116 Å². The summed E-state index contributed by atoms with van der Waals surface area (Å²) in [4.78, 5) is 13.3. The van der Waals surface area contributed by atoms with E-state index in [0.717, 1.165) is 83.5 Å². The molecule has 14 heteroatoms. The molecule has 0 aromatic rings. The summed E-state index contributed by atoms with van der Waals surface area (Å²) in [5, 5.41) is 87.2.